The maximum absolute atomic E-state index is 11.8. The minimum absolute atomic E-state index is 0.175. The van der Waals surface area contributed by atoms with Crippen LogP contribution in [0.25, 0.3) is 0 Å². The van der Waals surface area contributed by atoms with Crippen molar-refractivity contribution in [1.82, 2.24) is 9.88 Å². The van der Waals surface area contributed by atoms with Crippen molar-refractivity contribution in [3.05, 3.63) is 11.6 Å². The molecule has 1 amide bonds. The molecule has 2 rings (SSSR count). The molecule has 2 heterocycles. The summed E-state index contributed by atoms with van der Waals surface area (Å²) in [5.74, 6) is 0.175. The summed E-state index contributed by atoms with van der Waals surface area (Å²) in [6, 6.07) is 0. The quantitative estimate of drug-likeness (QED) is 0.854. The second kappa shape index (κ2) is 5.97. The lowest BCUT2D eigenvalue weighted by Gasteiger charge is -2.21. The van der Waals surface area contributed by atoms with E-state index in [9.17, 15) is 4.79 Å². The number of carbonyl (C=O) groups is 1. The molecule has 1 aliphatic heterocycles. The molecular weight excluding hydrogens is 236 g/mol. The second-order valence-electron chi connectivity index (χ2n) is 4.07. The lowest BCUT2D eigenvalue weighted by atomic mass is 10.3. The van der Waals surface area contributed by atoms with Crippen molar-refractivity contribution in [1.29, 1.82) is 0 Å². The summed E-state index contributed by atoms with van der Waals surface area (Å²) < 4.78 is 0. The molecule has 0 spiro atoms. The molecule has 0 atom stereocenters. The maximum atomic E-state index is 11.8. The summed E-state index contributed by atoms with van der Waals surface area (Å²) in [6.07, 6.45) is 3.27. The van der Waals surface area contributed by atoms with Crippen LogP contribution in [0.2, 0.25) is 0 Å². The predicted molar refractivity (Wildman–Crippen MR) is 69.2 cm³/mol. The molecule has 0 unspecified atom stereocenters. The normalized spacial score (nSPS) is 17.0. The lowest BCUT2D eigenvalue weighted by Crippen LogP contribution is -2.36. The first-order valence-corrected chi connectivity index (χ1v) is 6.81. The van der Waals surface area contributed by atoms with Crippen LogP contribution in [0.15, 0.2) is 11.6 Å². The average Bonchev–Trinajstić information content (AvgIpc) is 2.74. The highest BCUT2D eigenvalue weighted by Gasteiger charge is 2.19. The molecule has 1 aliphatic rings. The number of aromatic nitrogens is 1. The summed E-state index contributed by atoms with van der Waals surface area (Å²) >= 11 is 1.65. The fourth-order valence-corrected chi connectivity index (χ4v) is 2.71. The molecular formula is C11H18N4OS. The fourth-order valence-electron chi connectivity index (χ4n) is 2.01. The number of nitrogens with two attached hydrogens (primary N) is 1. The molecule has 0 radical (unpaired) electrons. The Kier molecular flexibility index (Phi) is 4.33. The van der Waals surface area contributed by atoms with Crippen molar-refractivity contribution in [2.45, 2.75) is 12.8 Å². The Morgan fingerprint density at radius 1 is 1.41 bits per heavy atom. The van der Waals surface area contributed by atoms with Gasteiger partial charge in [0.15, 0.2) is 5.13 Å². The van der Waals surface area contributed by atoms with Gasteiger partial charge in [-0.1, -0.05) is 0 Å². The Morgan fingerprint density at radius 2 is 2.29 bits per heavy atom. The molecule has 0 aliphatic carbocycles. The van der Waals surface area contributed by atoms with Crippen molar-refractivity contribution >= 4 is 22.4 Å². The van der Waals surface area contributed by atoms with Crippen molar-refractivity contribution in [2.24, 2.45) is 5.73 Å². The van der Waals surface area contributed by atoms with Crippen LogP contribution < -0.4 is 10.6 Å². The van der Waals surface area contributed by atoms with Crippen LogP contribution in [0.4, 0.5) is 5.13 Å². The monoisotopic (exact) mass is 254 g/mol. The highest BCUT2D eigenvalue weighted by molar-refractivity contribution is 7.13. The van der Waals surface area contributed by atoms with E-state index in [0.717, 1.165) is 37.7 Å². The van der Waals surface area contributed by atoms with Gasteiger partial charge in [-0.05, 0) is 6.42 Å². The number of anilines is 1. The third-order valence-electron chi connectivity index (χ3n) is 2.90. The molecule has 1 aromatic heterocycles. The van der Waals surface area contributed by atoms with Crippen molar-refractivity contribution in [3.63, 3.8) is 0 Å². The third-order valence-corrected chi connectivity index (χ3v) is 3.73. The lowest BCUT2D eigenvalue weighted by molar-refractivity contribution is -0.130. The van der Waals surface area contributed by atoms with Gasteiger partial charge in [0.1, 0.15) is 0 Å². The summed E-state index contributed by atoms with van der Waals surface area (Å²) in [7, 11) is 0. The van der Waals surface area contributed by atoms with Crippen LogP contribution in [0.5, 0.6) is 0 Å². The number of hydrogen-bond acceptors (Lipinski definition) is 5. The average molecular weight is 254 g/mol. The standard InChI is InChI=1S/C11H18N4OS/c12-3-2-10(16)14-5-1-6-15(8-7-14)11-13-4-9-17-11/h4,9H,1-3,5-8,12H2. The van der Waals surface area contributed by atoms with E-state index in [4.69, 9.17) is 5.73 Å². The van der Waals surface area contributed by atoms with Gasteiger partial charge in [-0.2, -0.15) is 0 Å². The van der Waals surface area contributed by atoms with Crippen LogP contribution >= 0.6 is 11.3 Å². The number of rotatable bonds is 3. The Hall–Kier alpha value is -1.14. The Labute approximate surface area is 105 Å². The number of carbonyl (C=O) groups excluding carboxylic acids is 1. The number of nitrogens with zero attached hydrogens (tertiary/aromatic N) is 3. The molecule has 0 bridgehead atoms. The molecule has 94 valence electrons. The summed E-state index contributed by atoms with van der Waals surface area (Å²) in [5, 5.41) is 3.04. The van der Waals surface area contributed by atoms with Gasteiger partial charge in [0.05, 0.1) is 0 Å². The largest absolute Gasteiger partial charge is 0.346 e. The summed E-state index contributed by atoms with van der Waals surface area (Å²) in [5.41, 5.74) is 5.41. The molecule has 1 fully saturated rings. The second-order valence-corrected chi connectivity index (χ2v) is 4.95. The molecule has 1 saturated heterocycles. The summed E-state index contributed by atoms with van der Waals surface area (Å²) in [6.45, 7) is 3.88. The van der Waals surface area contributed by atoms with Gasteiger partial charge in [0.25, 0.3) is 0 Å². The molecule has 0 saturated carbocycles. The van der Waals surface area contributed by atoms with Crippen LogP contribution in [0, 0.1) is 0 Å². The first kappa shape index (κ1) is 12.3. The number of thiazole rings is 1. The minimum atomic E-state index is 0.175. The molecule has 1 aromatic rings. The van der Waals surface area contributed by atoms with Crippen molar-refractivity contribution in [2.75, 3.05) is 37.6 Å². The number of amides is 1. The Morgan fingerprint density at radius 3 is 3.00 bits per heavy atom. The van der Waals surface area contributed by atoms with Gasteiger partial charge in [-0.3, -0.25) is 4.79 Å². The van der Waals surface area contributed by atoms with Crippen molar-refractivity contribution in [3.8, 4) is 0 Å². The van der Waals surface area contributed by atoms with Gasteiger partial charge in [0, 0.05) is 50.7 Å². The van der Waals surface area contributed by atoms with Crippen LogP contribution in [0.3, 0.4) is 0 Å². The van der Waals surface area contributed by atoms with E-state index in [2.05, 4.69) is 9.88 Å². The Balaban J connectivity index is 1.91. The Bertz CT molecular complexity index is 354. The highest BCUT2D eigenvalue weighted by atomic mass is 32.1. The van der Waals surface area contributed by atoms with E-state index in [-0.39, 0.29) is 5.91 Å². The van der Waals surface area contributed by atoms with Gasteiger partial charge < -0.3 is 15.5 Å². The zero-order valence-corrected chi connectivity index (χ0v) is 10.7. The highest BCUT2D eigenvalue weighted by Crippen LogP contribution is 2.19. The summed E-state index contributed by atoms with van der Waals surface area (Å²) in [4.78, 5) is 20.2. The van der Waals surface area contributed by atoms with Gasteiger partial charge in [0.2, 0.25) is 5.91 Å². The zero-order chi connectivity index (χ0) is 12.1. The molecule has 17 heavy (non-hydrogen) atoms. The van der Waals surface area contributed by atoms with Gasteiger partial charge >= 0.3 is 0 Å². The zero-order valence-electron chi connectivity index (χ0n) is 9.84. The van der Waals surface area contributed by atoms with Gasteiger partial charge in [-0.25, -0.2) is 4.98 Å². The van der Waals surface area contributed by atoms with E-state index in [1.54, 1.807) is 11.3 Å². The SMILES string of the molecule is NCCC(=O)N1CCCN(c2nccs2)CC1. The molecule has 5 nitrogen and oxygen atoms in total. The molecule has 6 heteroatoms. The first-order valence-electron chi connectivity index (χ1n) is 5.93. The van der Waals surface area contributed by atoms with E-state index in [1.807, 2.05) is 16.5 Å². The third kappa shape index (κ3) is 3.17. The van der Waals surface area contributed by atoms with Crippen LogP contribution in [-0.2, 0) is 4.79 Å². The van der Waals surface area contributed by atoms with E-state index < -0.39 is 0 Å². The minimum Gasteiger partial charge on any atom is -0.346 e. The fraction of sp³-hybridized carbons (Fsp3) is 0.636. The van der Waals surface area contributed by atoms with E-state index in [0.29, 0.717) is 13.0 Å². The molecule has 2 N–H and O–H groups in total. The van der Waals surface area contributed by atoms with Gasteiger partial charge in [-0.15, -0.1) is 11.3 Å². The predicted octanol–water partition coefficient (Wildman–Crippen LogP) is 0.531. The smallest absolute Gasteiger partial charge is 0.223 e. The van der Waals surface area contributed by atoms with Crippen LogP contribution in [0.1, 0.15) is 12.8 Å². The van der Waals surface area contributed by atoms with Crippen molar-refractivity contribution < 1.29 is 4.79 Å². The molecule has 0 aromatic carbocycles. The van der Waals surface area contributed by atoms with E-state index >= 15 is 0 Å². The topological polar surface area (TPSA) is 62.5 Å². The van der Waals surface area contributed by atoms with Crippen LogP contribution in [-0.4, -0.2) is 48.5 Å². The number of hydrogen-bond donors (Lipinski definition) is 1. The first-order chi connectivity index (χ1) is 8.31. The van der Waals surface area contributed by atoms with E-state index in [1.165, 1.54) is 0 Å². The maximum Gasteiger partial charge on any atom is 0.223 e.